The van der Waals surface area contributed by atoms with Gasteiger partial charge in [-0.2, -0.15) is 0 Å². The number of nitrogens with one attached hydrogen (secondary N) is 1. The van der Waals surface area contributed by atoms with E-state index < -0.39 is 5.97 Å². The third-order valence-corrected chi connectivity index (χ3v) is 3.08. The van der Waals surface area contributed by atoms with Gasteiger partial charge in [0.1, 0.15) is 0 Å². The smallest absolute Gasteiger partial charge is 0.337 e. The highest BCUT2D eigenvalue weighted by atomic mass is 16.4. The Bertz CT molecular complexity index is 440. The van der Waals surface area contributed by atoms with Crippen LogP contribution in [0.3, 0.4) is 0 Å². The number of aromatic carboxylic acids is 1. The quantitative estimate of drug-likeness (QED) is 0.657. The fourth-order valence-corrected chi connectivity index (χ4v) is 2.06. The van der Waals surface area contributed by atoms with E-state index in [4.69, 9.17) is 10.8 Å². The van der Waals surface area contributed by atoms with Gasteiger partial charge in [-0.1, -0.05) is 0 Å². The van der Waals surface area contributed by atoms with Crippen molar-refractivity contribution in [2.24, 2.45) is 0 Å². The Morgan fingerprint density at radius 3 is 2.65 bits per heavy atom. The Morgan fingerprint density at radius 1 is 1.41 bits per heavy atom. The number of carbonyl (C=O) groups is 1. The van der Waals surface area contributed by atoms with Gasteiger partial charge in [0.15, 0.2) is 0 Å². The van der Waals surface area contributed by atoms with E-state index in [1.165, 1.54) is 0 Å². The Hall–Kier alpha value is -1.75. The summed E-state index contributed by atoms with van der Waals surface area (Å²) < 4.78 is 0. The normalized spacial score (nSPS) is 15.9. The number of anilines is 2. The summed E-state index contributed by atoms with van der Waals surface area (Å²) in [5.74, 6) is -0.970. The highest BCUT2D eigenvalue weighted by molar-refractivity contribution is 5.95. The molecule has 1 aromatic rings. The summed E-state index contributed by atoms with van der Waals surface area (Å²) in [6, 6.07) is 3.61. The monoisotopic (exact) mass is 235 g/mol. The van der Waals surface area contributed by atoms with Crippen LogP contribution in [0, 0.1) is 6.92 Å². The predicted molar refractivity (Wildman–Crippen MR) is 67.6 cm³/mol. The van der Waals surface area contributed by atoms with E-state index in [0.29, 0.717) is 5.69 Å². The number of carboxylic acids is 1. The molecule has 5 heteroatoms. The molecule has 1 saturated heterocycles. The molecule has 92 valence electrons. The number of nitrogens with two attached hydrogens (primary N) is 1. The lowest BCUT2D eigenvalue weighted by atomic mass is 10.1. The second kappa shape index (κ2) is 4.63. The average molecular weight is 235 g/mol. The number of nitrogen functional groups attached to an aromatic ring is 1. The summed E-state index contributed by atoms with van der Waals surface area (Å²) in [4.78, 5) is 13.3. The SMILES string of the molecule is Cc1cc(N2CCNCC2)cc(C(=O)O)c1N. The van der Waals surface area contributed by atoms with Gasteiger partial charge >= 0.3 is 5.97 Å². The minimum Gasteiger partial charge on any atom is -0.478 e. The minimum atomic E-state index is -0.970. The van der Waals surface area contributed by atoms with E-state index in [1.54, 1.807) is 6.07 Å². The number of aryl methyl sites for hydroxylation is 1. The molecule has 0 aromatic heterocycles. The molecule has 1 heterocycles. The van der Waals surface area contributed by atoms with Gasteiger partial charge in [0, 0.05) is 37.6 Å². The largest absolute Gasteiger partial charge is 0.478 e. The van der Waals surface area contributed by atoms with Crippen molar-refractivity contribution in [3.63, 3.8) is 0 Å². The van der Waals surface area contributed by atoms with Crippen LogP contribution in [0.1, 0.15) is 15.9 Å². The molecular formula is C12H17N3O2. The predicted octanol–water partition coefficient (Wildman–Crippen LogP) is 0.685. The number of piperazine rings is 1. The number of hydrogen-bond donors (Lipinski definition) is 3. The molecule has 1 aromatic carbocycles. The van der Waals surface area contributed by atoms with Crippen LogP contribution in [0.5, 0.6) is 0 Å². The molecule has 0 aliphatic carbocycles. The van der Waals surface area contributed by atoms with E-state index in [1.807, 2.05) is 13.0 Å². The summed E-state index contributed by atoms with van der Waals surface area (Å²) in [6.07, 6.45) is 0. The third kappa shape index (κ3) is 2.34. The van der Waals surface area contributed by atoms with E-state index in [-0.39, 0.29) is 5.56 Å². The summed E-state index contributed by atoms with van der Waals surface area (Å²) in [7, 11) is 0. The van der Waals surface area contributed by atoms with E-state index >= 15 is 0 Å². The van der Waals surface area contributed by atoms with Gasteiger partial charge in [0.2, 0.25) is 0 Å². The Morgan fingerprint density at radius 2 is 2.06 bits per heavy atom. The first-order chi connectivity index (χ1) is 8.09. The third-order valence-electron chi connectivity index (χ3n) is 3.08. The van der Waals surface area contributed by atoms with Gasteiger partial charge in [-0.25, -0.2) is 4.79 Å². The first kappa shape index (κ1) is 11.7. The molecule has 17 heavy (non-hydrogen) atoms. The Kier molecular flexibility index (Phi) is 3.19. The maximum absolute atomic E-state index is 11.1. The van der Waals surface area contributed by atoms with Crippen molar-refractivity contribution in [1.82, 2.24) is 5.32 Å². The fourth-order valence-electron chi connectivity index (χ4n) is 2.06. The lowest BCUT2D eigenvalue weighted by Gasteiger charge is -2.30. The van der Waals surface area contributed by atoms with Crippen LogP contribution in [0.4, 0.5) is 11.4 Å². The number of benzene rings is 1. The first-order valence-corrected chi connectivity index (χ1v) is 5.68. The molecule has 0 saturated carbocycles. The van der Waals surface area contributed by atoms with Crippen LogP contribution >= 0.6 is 0 Å². The number of hydrogen-bond acceptors (Lipinski definition) is 4. The van der Waals surface area contributed by atoms with Crippen LogP contribution in [0.15, 0.2) is 12.1 Å². The lowest BCUT2D eigenvalue weighted by molar-refractivity contribution is 0.0698. The van der Waals surface area contributed by atoms with E-state index in [2.05, 4.69) is 10.2 Å². The number of nitrogens with zero attached hydrogens (tertiary/aromatic N) is 1. The molecule has 0 radical (unpaired) electrons. The average Bonchev–Trinajstić information content (AvgIpc) is 2.33. The van der Waals surface area contributed by atoms with Crippen molar-refractivity contribution in [2.75, 3.05) is 36.8 Å². The molecule has 1 aliphatic heterocycles. The fraction of sp³-hybridized carbons (Fsp3) is 0.417. The van der Waals surface area contributed by atoms with Crippen molar-refractivity contribution < 1.29 is 9.90 Å². The first-order valence-electron chi connectivity index (χ1n) is 5.68. The van der Waals surface area contributed by atoms with Gasteiger partial charge in [0.25, 0.3) is 0 Å². The van der Waals surface area contributed by atoms with Gasteiger partial charge in [-0.3, -0.25) is 0 Å². The zero-order valence-corrected chi connectivity index (χ0v) is 9.86. The molecule has 0 bridgehead atoms. The zero-order valence-electron chi connectivity index (χ0n) is 9.86. The molecule has 5 nitrogen and oxygen atoms in total. The molecule has 4 N–H and O–H groups in total. The molecule has 1 aliphatic rings. The standard InChI is InChI=1S/C12H17N3O2/c1-8-6-9(15-4-2-14-3-5-15)7-10(11(8)13)12(16)17/h6-7,14H,2-5,13H2,1H3,(H,16,17). The molecule has 0 atom stereocenters. The molecule has 0 spiro atoms. The van der Waals surface area contributed by atoms with Crippen LogP contribution in [-0.4, -0.2) is 37.3 Å². The van der Waals surface area contributed by atoms with Crippen LogP contribution in [0.2, 0.25) is 0 Å². The zero-order chi connectivity index (χ0) is 12.4. The van der Waals surface area contributed by atoms with Crippen LogP contribution in [-0.2, 0) is 0 Å². The summed E-state index contributed by atoms with van der Waals surface area (Å²) in [5.41, 5.74) is 8.08. The summed E-state index contributed by atoms with van der Waals surface area (Å²) >= 11 is 0. The maximum Gasteiger partial charge on any atom is 0.337 e. The Balaban J connectivity index is 2.37. The summed E-state index contributed by atoms with van der Waals surface area (Å²) in [6.45, 7) is 5.47. The molecule has 0 amide bonds. The lowest BCUT2D eigenvalue weighted by Crippen LogP contribution is -2.43. The van der Waals surface area contributed by atoms with Crippen molar-refractivity contribution in [3.8, 4) is 0 Å². The second-order valence-corrected chi connectivity index (χ2v) is 4.27. The molecule has 2 rings (SSSR count). The topological polar surface area (TPSA) is 78.6 Å². The van der Waals surface area contributed by atoms with Crippen molar-refractivity contribution >= 4 is 17.3 Å². The van der Waals surface area contributed by atoms with Crippen molar-refractivity contribution in [3.05, 3.63) is 23.3 Å². The molecular weight excluding hydrogens is 218 g/mol. The summed E-state index contributed by atoms with van der Waals surface area (Å²) in [5, 5.41) is 12.4. The maximum atomic E-state index is 11.1. The number of rotatable bonds is 2. The molecule has 0 unspecified atom stereocenters. The van der Waals surface area contributed by atoms with E-state index in [0.717, 1.165) is 37.4 Å². The van der Waals surface area contributed by atoms with Crippen molar-refractivity contribution in [2.45, 2.75) is 6.92 Å². The van der Waals surface area contributed by atoms with Gasteiger partial charge in [0.05, 0.1) is 5.56 Å². The van der Waals surface area contributed by atoms with Crippen LogP contribution in [0.25, 0.3) is 0 Å². The van der Waals surface area contributed by atoms with Gasteiger partial charge in [-0.15, -0.1) is 0 Å². The van der Waals surface area contributed by atoms with E-state index in [9.17, 15) is 4.79 Å². The Labute approximate surface area is 100 Å². The van der Waals surface area contributed by atoms with Crippen molar-refractivity contribution in [1.29, 1.82) is 0 Å². The number of carboxylic acid groups (broad SMARTS) is 1. The van der Waals surface area contributed by atoms with Crippen LogP contribution < -0.4 is 16.0 Å². The highest BCUT2D eigenvalue weighted by Crippen LogP contribution is 2.25. The highest BCUT2D eigenvalue weighted by Gasteiger charge is 2.16. The molecule has 1 fully saturated rings. The minimum absolute atomic E-state index is 0.193. The van der Waals surface area contributed by atoms with Gasteiger partial charge in [-0.05, 0) is 24.6 Å². The van der Waals surface area contributed by atoms with Gasteiger partial charge < -0.3 is 21.1 Å². The second-order valence-electron chi connectivity index (χ2n) is 4.27.